The summed E-state index contributed by atoms with van der Waals surface area (Å²) in [4.78, 5) is 0. The lowest BCUT2D eigenvalue weighted by Crippen LogP contribution is -2.53. The number of ether oxygens (including phenoxy) is 1. The molecule has 0 heterocycles. The number of hydrogen-bond acceptors (Lipinski definition) is 2. The predicted molar refractivity (Wildman–Crippen MR) is 150 cm³/mol. The molecule has 4 aliphatic rings. The van der Waals surface area contributed by atoms with Gasteiger partial charge in [-0.05, 0) is 138 Å². The van der Waals surface area contributed by atoms with E-state index in [0.717, 1.165) is 35.5 Å². The molecule has 4 fully saturated rings. The molecule has 4 saturated carbocycles. The lowest BCUT2D eigenvalue weighted by atomic mass is 9.44. The maximum atomic E-state index is 9.32. The van der Waals surface area contributed by atoms with Crippen molar-refractivity contribution in [2.75, 3.05) is 6.61 Å². The Morgan fingerprint density at radius 1 is 0.743 bits per heavy atom. The predicted octanol–water partition coefficient (Wildman–Crippen LogP) is 9.29. The fourth-order valence-electron chi connectivity index (χ4n) is 9.90. The lowest BCUT2D eigenvalue weighted by molar-refractivity contribution is -0.114. The zero-order valence-electron chi connectivity index (χ0n) is 25.0. The molecule has 0 aliphatic heterocycles. The molecule has 35 heavy (non-hydrogen) atoms. The monoisotopic (exact) mass is 490 g/mol. The molecule has 0 bridgehead atoms. The van der Waals surface area contributed by atoms with Gasteiger partial charge in [-0.25, -0.2) is 0 Å². The average molecular weight is 491 g/mol. The number of fused-ring (bicyclic) bond motifs is 5. The standard InChI is InChI=1S/C27H48O.C6H14O/c1-19(18-28)8-7-9-20(2)23-13-14-24-22-12-11-21-10-5-6-16-26(21,3)25(22)15-17-27(23,24)4;1-5(2)7-6(3)4/h19-25,28H,5-18H2,1-4H3;5-6H,1-4H3/t19?,20-,21?,22+,23-,24+,25+,26+,27-;/m1./s1. The molecule has 0 aromatic carbocycles. The summed E-state index contributed by atoms with van der Waals surface area (Å²) < 4.78 is 5.25. The van der Waals surface area contributed by atoms with Crippen molar-refractivity contribution in [1.82, 2.24) is 0 Å². The van der Waals surface area contributed by atoms with Gasteiger partial charge in [0.1, 0.15) is 0 Å². The largest absolute Gasteiger partial charge is 0.396 e. The van der Waals surface area contributed by atoms with Gasteiger partial charge in [-0.2, -0.15) is 0 Å². The molecule has 1 N–H and O–H groups in total. The number of rotatable bonds is 8. The molecule has 0 aromatic rings. The molecular formula is C33H62O2. The van der Waals surface area contributed by atoms with Crippen molar-refractivity contribution in [1.29, 1.82) is 0 Å². The van der Waals surface area contributed by atoms with E-state index in [-0.39, 0.29) is 0 Å². The molecular weight excluding hydrogens is 428 g/mol. The van der Waals surface area contributed by atoms with Gasteiger partial charge in [0.05, 0.1) is 12.2 Å². The number of hydrogen-bond donors (Lipinski definition) is 1. The van der Waals surface area contributed by atoms with Crippen molar-refractivity contribution in [3.8, 4) is 0 Å². The van der Waals surface area contributed by atoms with Crippen molar-refractivity contribution < 1.29 is 9.84 Å². The SMILES string of the molecule is CC(C)OC(C)C.CC(CO)CCC[C@@H](C)[C@H]1CC[C@H]2[C@@H]3CCC4CCCC[C@]4(C)[C@H]3CC[C@]12C. The van der Waals surface area contributed by atoms with Crippen LogP contribution in [0.4, 0.5) is 0 Å². The molecule has 0 spiro atoms. The van der Waals surface area contributed by atoms with Crippen LogP contribution in [0.15, 0.2) is 0 Å². The topological polar surface area (TPSA) is 29.5 Å². The van der Waals surface area contributed by atoms with Crippen molar-refractivity contribution in [3.05, 3.63) is 0 Å². The smallest absolute Gasteiger partial charge is 0.0522 e. The van der Waals surface area contributed by atoms with Gasteiger partial charge in [-0.15, -0.1) is 0 Å². The van der Waals surface area contributed by atoms with Gasteiger partial charge in [0, 0.05) is 6.61 Å². The summed E-state index contributed by atoms with van der Waals surface area (Å²) in [5, 5.41) is 9.32. The van der Waals surface area contributed by atoms with E-state index in [9.17, 15) is 5.11 Å². The Morgan fingerprint density at radius 2 is 1.43 bits per heavy atom. The van der Waals surface area contributed by atoms with E-state index in [0.29, 0.717) is 35.6 Å². The van der Waals surface area contributed by atoms with E-state index < -0.39 is 0 Å². The van der Waals surface area contributed by atoms with E-state index in [2.05, 4.69) is 27.7 Å². The Bertz CT molecular complexity index is 623. The van der Waals surface area contributed by atoms with Crippen LogP contribution in [0.25, 0.3) is 0 Å². The Morgan fingerprint density at radius 3 is 2.06 bits per heavy atom. The van der Waals surface area contributed by atoms with Gasteiger partial charge in [-0.1, -0.05) is 53.4 Å². The summed E-state index contributed by atoms with van der Waals surface area (Å²) in [6.07, 6.45) is 19.9. The molecule has 2 nitrogen and oxygen atoms in total. The molecule has 0 amide bonds. The van der Waals surface area contributed by atoms with E-state index in [4.69, 9.17) is 4.74 Å². The highest BCUT2D eigenvalue weighted by atomic mass is 16.5. The first-order valence-corrected chi connectivity index (χ1v) is 15.8. The van der Waals surface area contributed by atoms with Gasteiger partial charge in [-0.3, -0.25) is 0 Å². The second-order valence-electron chi connectivity index (χ2n) is 14.6. The molecule has 2 heteroatoms. The van der Waals surface area contributed by atoms with Gasteiger partial charge in [0.2, 0.25) is 0 Å². The minimum absolute atomic E-state index is 0.362. The van der Waals surface area contributed by atoms with Crippen LogP contribution >= 0.6 is 0 Å². The van der Waals surface area contributed by atoms with Crippen LogP contribution < -0.4 is 0 Å². The quantitative estimate of drug-likeness (QED) is 0.367. The maximum absolute atomic E-state index is 9.32. The lowest BCUT2D eigenvalue weighted by Gasteiger charge is -2.61. The van der Waals surface area contributed by atoms with Crippen LogP contribution in [0.1, 0.15) is 139 Å². The zero-order chi connectivity index (χ0) is 25.8. The van der Waals surface area contributed by atoms with E-state index in [1.807, 2.05) is 27.7 Å². The second-order valence-corrected chi connectivity index (χ2v) is 14.6. The fourth-order valence-corrected chi connectivity index (χ4v) is 9.90. The minimum Gasteiger partial charge on any atom is -0.396 e. The third-order valence-electron chi connectivity index (χ3n) is 11.6. The minimum atomic E-state index is 0.362. The van der Waals surface area contributed by atoms with Gasteiger partial charge < -0.3 is 9.84 Å². The molecule has 4 aliphatic carbocycles. The van der Waals surface area contributed by atoms with Gasteiger partial charge in [0.15, 0.2) is 0 Å². The normalized spacial score (nSPS) is 40.4. The van der Waals surface area contributed by atoms with Gasteiger partial charge >= 0.3 is 0 Å². The van der Waals surface area contributed by atoms with E-state index in [1.165, 1.54) is 70.6 Å². The zero-order valence-corrected chi connectivity index (χ0v) is 25.0. The van der Waals surface area contributed by atoms with Crippen LogP contribution in [0.5, 0.6) is 0 Å². The molecule has 0 aromatic heterocycles. The van der Waals surface area contributed by atoms with Crippen molar-refractivity contribution in [2.24, 2.45) is 52.3 Å². The number of aliphatic hydroxyl groups is 1. The Labute approximate surface area is 219 Å². The fraction of sp³-hybridized carbons (Fsp3) is 1.00. The summed E-state index contributed by atoms with van der Waals surface area (Å²) in [6.45, 7) is 18.7. The first-order chi connectivity index (χ1) is 16.5. The summed E-state index contributed by atoms with van der Waals surface area (Å²) in [6, 6.07) is 0. The van der Waals surface area contributed by atoms with Crippen LogP contribution in [0.2, 0.25) is 0 Å². The molecule has 0 saturated heterocycles. The van der Waals surface area contributed by atoms with Crippen LogP contribution in [-0.4, -0.2) is 23.9 Å². The molecule has 206 valence electrons. The van der Waals surface area contributed by atoms with E-state index >= 15 is 0 Å². The first kappa shape index (κ1) is 29.5. The highest BCUT2D eigenvalue weighted by Gasteiger charge is 2.60. The van der Waals surface area contributed by atoms with Crippen LogP contribution in [-0.2, 0) is 4.74 Å². The maximum Gasteiger partial charge on any atom is 0.0522 e. The summed E-state index contributed by atoms with van der Waals surface area (Å²) in [5.41, 5.74) is 1.31. The average Bonchev–Trinajstić information content (AvgIpc) is 3.15. The highest BCUT2D eigenvalue weighted by molar-refractivity contribution is 5.09. The Kier molecular flexibility index (Phi) is 10.6. The third-order valence-corrected chi connectivity index (χ3v) is 11.6. The first-order valence-electron chi connectivity index (χ1n) is 15.8. The Hall–Kier alpha value is -0.0800. The summed E-state index contributed by atoms with van der Waals surface area (Å²) >= 11 is 0. The molecule has 9 atom stereocenters. The molecule has 0 radical (unpaired) electrons. The molecule has 4 rings (SSSR count). The Balaban J connectivity index is 0.000000429. The van der Waals surface area contributed by atoms with Crippen molar-refractivity contribution >= 4 is 0 Å². The van der Waals surface area contributed by atoms with Crippen molar-refractivity contribution in [2.45, 2.75) is 151 Å². The van der Waals surface area contributed by atoms with Crippen LogP contribution in [0.3, 0.4) is 0 Å². The summed E-state index contributed by atoms with van der Waals surface area (Å²) in [5.74, 6) is 6.49. The van der Waals surface area contributed by atoms with E-state index in [1.54, 1.807) is 12.8 Å². The van der Waals surface area contributed by atoms with Crippen molar-refractivity contribution in [3.63, 3.8) is 0 Å². The summed E-state index contributed by atoms with van der Waals surface area (Å²) in [7, 11) is 0. The van der Waals surface area contributed by atoms with Gasteiger partial charge in [0.25, 0.3) is 0 Å². The third kappa shape index (κ3) is 6.68. The number of aliphatic hydroxyl groups excluding tert-OH is 1. The second kappa shape index (κ2) is 12.6. The molecule has 2 unspecified atom stereocenters. The highest BCUT2D eigenvalue weighted by Crippen LogP contribution is 2.68. The van der Waals surface area contributed by atoms with Crippen LogP contribution in [0, 0.1) is 52.3 Å².